The Bertz CT molecular complexity index is 520. The van der Waals surface area contributed by atoms with E-state index in [0.717, 1.165) is 25.0 Å². The van der Waals surface area contributed by atoms with Crippen molar-refractivity contribution in [2.75, 3.05) is 26.8 Å². The molecule has 21 heavy (non-hydrogen) atoms. The number of carbonyl (C=O) groups excluding carboxylic acids is 1. The van der Waals surface area contributed by atoms with E-state index in [1.165, 1.54) is 0 Å². The van der Waals surface area contributed by atoms with Crippen molar-refractivity contribution in [1.29, 1.82) is 0 Å². The highest BCUT2D eigenvalue weighted by Gasteiger charge is 2.51. The second-order valence-corrected chi connectivity index (χ2v) is 5.70. The number of ether oxygens (including phenoxy) is 2. The predicted octanol–water partition coefficient (Wildman–Crippen LogP) is 2.11. The lowest BCUT2D eigenvalue weighted by Gasteiger charge is -2.27. The van der Waals surface area contributed by atoms with Gasteiger partial charge in [-0.3, -0.25) is 4.79 Å². The van der Waals surface area contributed by atoms with Gasteiger partial charge < -0.3 is 14.4 Å². The van der Waals surface area contributed by atoms with E-state index in [2.05, 4.69) is 0 Å². The Hall–Kier alpha value is -1.65. The first-order valence-electron chi connectivity index (χ1n) is 7.42. The zero-order valence-corrected chi connectivity index (χ0v) is 12.3. The largest absolute Gasteiger partial charge is 0.377 e. The molecule has 0 radical (unpaired) electrons. The number of hydrogen-bond acceptors (Lipinski definition) is 3. The quantitative estimate of drug-likeness (QED) is 0.799. The lowest BCUT2D eigenvalue weighted by molar-refractivity contribution is -0.126. The maximum atomic E-state index is 12.3. The molecule has 0 aliphatic carbocycles. The molecule has 0 bridgehead atoms. The van der Waals surface area contributed by atoms with Crippen LogP contribution < -0.4 is 0 Å². The van der Waals surface area contributed by atoms with E-state index in [0.29, 0.717) is 13.1 Å². The second kappa shape index (κ2) is 6.00. The topological polar surface area (TPSA) is 38.8 Å². The maximum Gasteiger partial charge on any atom is 0.246 e. The zero-order chi connectivity index (χ0) is 14.7. The summed E-state index contributed by atoms with van der Waals surface area (Å²) < 4.78 is 11.5. The lowest BCUT2D eigenvalue weighted by Crippen LogP contribution is -2.42. The SMILES string of the molecule is CO[C@H]1CN(C(=O)/C=C/c2ccccc2)C[C@@]12CCCO2. The highest BCUT2D eigenvalue weighted by atomic mass is 16.6. The normalized spacial score (nSPS) is 28.8. The van der Waals surface area contributed by atoms with Crippen LogP contribution in [0.2, 0.25) is 0 Å². The van der Waals surface area contributed by atoms with Gasteiger partial charge in [-0.2, -0.15) is 0 Å². The summed E-state index contributed by atoms with van der Waals surface area (Å²) in [7, 11) is 1.70. The standard InChI is InChI=1S/C17H21NO3/c1-20-15-12-18(13-17(15)10-5-11-21-17)16(19)9-8-14-6-3-2-4-7-14/h2-4,6-9,15H,5,10-13H2,1H3/b9-8+/t15-,17-/m0/s1. The van der Waals surface area contributed by atoms with E-state index in [9.17, 15) is 4.79 Å². The molecule has 2 aliphatic rings. The van der Waals surface area contributed by atoms with E-state index in [-0.39, 0.29) is 17.6 Å². The molecule has 2 heterocycles. The van der Waals surface area contributed by atoms with Crippen molar-refractivity contribution in [2.24, 2.45) is 0 Å². The van der Waals surface area contributed by atoms with Gasteiger partial charge in [-0.1, -0.05) is 30.3 Å². The molecular weight excluding hydrogens is 266 g/mol. The minimum atomic E-state index is -0.287. The van der Waals surface area contributed by atoms with Crippen LogP contribution in [0.15, 0.2) is 36.4 Å². The fourth-order valence-corrected chi connectivity index (χ4v) is 3.25. The molecule has 1 aromatic rings. The Kier molecular flexibility index (Phi) is 4.08. The van der Waals surface area contributed by atoms with Gasteiger partial charge in [-0.05, 0) is 24.5 Å². The van der Waals surface area contributed by atoms with Gasteiger partial charge in [0.05, 0.1) is 13.1 Å². The van der Waals surface area contributed by atoms with Crippen LogP contribution in [0.3, 0.4) is 0 Å². The molecule has 0 unspecified atom stereocenters. The van der Waals surface area contributed by atoms with Crippen LogP contribution in [0.5, 0.6) is 0 Å². The van der Waals surface area contributed by atoms with Crippen molar-refractivity contribution in [2.45, 2.75) is 24.5 Å². The van der Waals surface area contributed by atoms with Gasteiger partial charge in [0, 0.05) is 19.8 Å². The second-order valence-electron chi connectivity index (χ2n) is 5.70. The van der Waals surface area contributed by atoms with E-state index < -0.39 is 0 Å². The van der Waals surface area contributed by atoms with Crippen molar-refractivity contribution in [3.63, 3.8) is 0 Å². The Morgan fingerprint density at radius 3 is 2.90 bits per heavy atom. The Morgan fingerprint density at radius 2 is 2.24 bits per heavy atom. The molecule has 2 saturated heterocycles. The summed E-state index contributed by atoms with van der Waals surface area (Å²) in [5, 5.41) is 0. The molecule has 0 aromatic heterocycles. The maximum absolute atomic E-state index is 12.3. The minimum absolute atomic E-state index is 0.0194. The summed E-state index contributed by atoms with van der Waals surface area (Å²) in [6, 6.07) is 9.84. The average molecular weight is 287 g/mol. The fraction of sp³-hybridized carbons (Fsp3) is 0.471. The highest BCUT2D eigenvalue weighted by Crippen LogP contribution is 2.36. The van der Waals surface area contributed by atoms with Crippen LogP contribution in [0.4, 0.5) is 0 Å². The fourth-order valence-electron chi connectivity index (χ4n) is 3.25. The molecule has 1 amide bonds. The van der Waals surface area contributed by atoms with Crippen LogP contribution in [-0.2, 0) is 14.3 Å². The van der Waals surface area contributed by atoms with Gasteiger partial charge in [-0.15, -0.1) is 0 Å². The highest BCUT2D eigenvalue weighted by molar-refractivity contribution is 5.92. The van der Waals surface area contributed by atoms with Gasteiger partial charge in [0.25, 0.3) is 0 Å². The summed E-state index contributed by atoms with van der Waals surface area (Å²) in [6.07, 6.45) is 5.48. The minimum Gasteiger partial charge on any atom is -0.377 e. The summed E-state index contributed by atoms with van der Waals surface area (Å²) in [5.41, 5.74) is 0.741. The van der Waals surface area contributed by atoms with Crippen molar-refractivity contribution in [1.82, 2.24) is 4.90 Å². The van der Waals surface area contributed by atoms with Crippen LogP contribution >= 0.6 is 0 Å². The number of benzene rings is 1. The molecule has 4 nitrogen and oxygen atoms in total. The van der Waals surface area contributed by atoms with Crippen LogP contribution in [0.25, 0.3) is 6.08 Å². The molecule has 0 N–H and O–H groups in total. The Morgan fingerprint density at radius 1 is 1.43 bits per heavy atom. The average Bonchev–Trinajstić information content (AvgIpc) is 3.14. The van der Waals surface area contributed by atoms with E-state index in [1.54, 1.807) is 13.2 Å². The van der Waals surface area contributed by atoms with Crippen molar-refractivity contribution < 1.29 is 14.3 Å². The molecule has 1 aromatic carbocycles. The monoisotopic (exact) mass is 287 g/mol. The molecule has 2 aliphatic heterocycles. The molecule has 2 fully saturated rings. The van der Waals surface area contributed by atoms with E-state index >= 15 is 0 Å². The van der Waals surface area contributed by atoms with Gasteiger partial charge in [0.15, 0.2) is 0 Å². The van der Waals surface area contributed by atoms with Gasteiger partial charge >= 0.3 is 0 Å². The summed E-state index contributed by atoms with van der Waals surface area (Å²) >= 11 is 0. The molecular formula is C17H21NO3. The van der Waals surface area contributed by atoms with E-state index in [4.69, 9.17) is 9.47 Å². The van der Waals surface area contributed by atoms with Crippen LogP contribution in [0.1, 0.15) is 18.4 Å². The Labute approximate surface area is 125 Å². The number of methoxy groups -OCH3 is 1. The molecule has 4 heteroatoms. The molecule has 112 valence electrons. The zero-order valence-electron chi connectivity index (χ0n) is 12.3. The first kappa shape index (κ1) is 14.3. The third-order valence-electron chi connectivity index (χ3n) is 4.38. The number of likely N-dealkylation sites (tertiary alicyclic amines) is 1. The number of carbonyl (C=O) groups is 1. The third-order valence-corrected chi connectivity index (χ3v) is 4.38. The Balaban J connectivity index is 1.67. The molecule has 2 atom stereocenters. The number of nitrogens with zero attached hydrogens (tertiary/aromatic N) is 1. The van der Waals surface area contributed by atoms with Gasteiger partial charge in [-0.25, -0.2) is 0 Å². The first-order valence-corrected chi connectivity index (χ1v) is 7.42. The number of amides is 1. The number of hydrogen-bond donors (Lipinski definition) is 0. The van der Waals surface area contributed by atoms with Crippen LogP contribution in [-0.4, -0.2) is 49.3 Å². The third kappa shape index (κ3) is 2.87. The van der Waals surface area contributed by atoms with Crippen molar-refractivity contribution in [3.8, 4) is 0 Å². The van der Waals surface area contributed by atoms with Crippen molar-refractivity contribution in [3.05, 3.63) is 42.0 Å². The molecule has 0 saturated carbocycles. The van der Waals surface area contributed by atoms with Gasteiger partial charge in [0.1, 0.15) is 11.7 Å². The summed E-state index contributed by atoms with van der Waals surface area (Å²) in [4.78, 5) is 14.2. The van der Waals surface area contributed by atoms with Gasteiger partial charge in [0.2, 0.25) is 5.91 Å². The summed E-state index contributed by atoms with van der Waals surface area (Å²) in [6.45, 7) is 2.00. The number of rotatable bonds is 3. The van der Waals surface area contributed by atoms with Crippen molar-refractivity contribution >= 4 is 12.0 Å². The molecule has 3 rings (SSSR count). The predicted molar refractivity (Wildman–Crippen MR) is 80.8 cm³/mol. The molecule has 1 spiro atoms. The van der Waals surface area contributed by atoms with E-state index in [1.807, 2.05) is 41.3 Å². The lowest BCUT2D eigenvalue weighted by atomic mass is 9.96. The first-order chi connectivity index (χ1) is 10.2. The smallest absolute Gasteiger partial charge is 0.246 e. The summed E-state index contributed by atoms with van der Waals surface area (Å²) in [5.74, 6) is 0.0216. The van der Waals surface area contributed by atoms with Crippen LogP contribution in [0, 0.1) is 0 Å².